The number of hydrogen-bond acceptors (Lipinski definition) is 2. The minimum absolute atomic E-state index is 0.0978. The van der Waals surface area contributed by atoms with Gasteiger partial charge in [0, 0.05) is 12.5 Å². The summed E-state index contributed by atoms with van der Waals surface area (Å²) in [6.07, 6.45) is 1.75. The zero-order valence-corrected chi connectivity index (χ0v) is 11.5. The van der Waals surface area contributed by atoms with E-state index in [1.54, 1.807) is 12.1 Å². The molecule has 2 aromatic carbocycles. The lowest BCUT2D eigenvalue weighted by Gasteiger charge is -2.23. The molecule has 3 heteroatoms. The summed E-state index contributed by atoms with van der Waals surface area (Å²) in [6.45, 7) is 0. The molecule has 0 saturated carbocycles. The highest BCUT2D eigenvalue weighted by Crippen LogP contribution is 2.30. The molecule has 2 unspecified atom stereocenters. The van der Waals surface area contributed by atoms with Gasteiger partial charge in [-0.1, -0.05) is 30.3 Å². The van der Waals surface area contributed by atoms with Gasteiger partial charge in [0.2, 0.25) is 0 Å². The van der Waals surface area contributed by atoms with Crippen LogP contribution in [0.2, 0.25) is 0 Å². The molecular weight excluding hydrogens is 253 g/mol. The van der Waals surface area contributed by atoms with Gasteiger partial charge >= 0.3 is 0 Å². The monoisotopic (exact) mass is 271 g/mol. The van der Waals surface area contributed by atoms with Crippen LogP contribution in [0, 0.1) is 5.82 Å². The van der Waals surface area contributed by atoms with Crippen molar-refractivity contribution in [2.75, 3.05) is 7.05 Å². The molecule has 0 bridgehead atoms. The van der Waals surface area contributed by atoms with Crippen molar-refractivity contribution >= 4 is 0 Å². The largest absolute Gasteiger partial charge is 0.488 e. The van der Waals surface area contributed by atoms with Crippen LogP contribution in [0.5, 0.6) is 5.75 Å². The van der Waals surface area contributed by atoms with Crippen molar-refractivity contribution in [1.29, 1.82) is 0 Å². The highest BCUT2D eigenvalue weighted by Gasteiger charge is 2.29. The molecule has 2 aromatic rings. The maximum absolute atomic E-state index is 13.3. The normalized spacial score (nSPS) is 18.4. The third kappa shape index (κ3) is 2.68. The van der Waals surface area contributed by atoms with Crippen molar-refractivity contribution in [3.63, 3.8) is 0 Å². The van der Waals surface area contributed by atoms with Crippen LogP contribution in [-0.2, 0) is 12.8 Å². The van der Waals surface area contributed by atoms with Gasteiger partial charge < -0.3 is 10.1 Å². The number of ether oxygens (including phenoxy) is 1. The highest BCUT2D eigenvalue weighted by atomic mass is 19.1. The summed E-state index contributed by atoms with van der Waals surface area (Å²) in [7, 11) is 1.93. The zero-order valence-electron chi connectivity index (χ0n) is 11.5. The Bertz CT molecular complexity index is 574. The first kappa shape index (κ1) is 13.1. The second kappa shape index (κ2) is 5.63. The maximum atomic E-state index is 13.3. The van der Waals surface area contributed by atoms with Gasteiger partial charge in [0.15, 0.2) is 0 Å². The third-order valence-corrected chi connectivity index (χ3v) is 3.84. The molecule has 0 fully saturated rings. The second-order valence-corrected chi connectivity index (χ2v) is 5.20. The van der Waals surface area contributed by atoms with E-state index >= 15 is 0 Å². The Morgan fingerprint density at radius 3 is 2.85 bits per heavy atom. The first-order valence-corrected chi connectivity index (χ1v) is 6.92. The van der Waals surface area contributed by atoms with Gasteiger partial charge in [0.25, 0.3) is 0 Å². The standard InChI is InChI=1S/C17H18FNO/c1-19-15(10-12-5-4-7-14(18)9-12)17-11-13-6-2-3-8-16(13)20-17/h2-9,15,17,19H,10-11H2,1H3. The molecule has 2 nitrogen and oxygen atoms in total. The summed E-state index contributed by atoms with van der Waals surface area (Å²) in [5.41, 5.74) is 2.24. The van der Waals surface area contributed by atoms with Crippen LogP contribution in [0.4, 0.5) is 4.39 Å². The van der Waals surface area contributed by atoms with E-state index in [1.807, 2.05) is 31.3 Å². The number of hydrogen-bond donors (Lipinski definition) is 1. The van der Waals surface area contributed by atoms with E-state index in [2.05, 4.69) is 11.4 Å². The molecule has 0 aliphatic carbocycles. The van der Waals surface area contributed by atoms with Crippen LogP contribution in [-0.4, -0.2) is 19.2 Å². The number of fused-ring (bicyclic) bond motifs is 1. The van der Waals surface area contributed by atoms with Gasteiger partial charge in [-0.15, -0.1) is 0 Å². The maximum Gasteiger partial charge on any atom is 0.123 e. The Morgan fingerprint density at radius 1 is 1.25 bits per heavy atom. The van der Waals surface area contributed by atoms with Crippen molar-refractivity contribution in [1.82, 2.24) is 5.32 Å². The summed E-state index contributed by atoms with van der Waals surface area (Å²) >= 11 is 0. The number of nitrogens with one attached hydrogen (secondary N) is 1. The van der Waals surface area contributed by atoms with Crippen LogP contribution in [0.15, 0.2) is 48.5 Å². The van der Waals surface area contributed by atoms with Crippen LogP contribution in [0.1, 0.15) is 11.1 Å². The topological polar surface area (TPSA) is 21.3 Å². The third-order valence-electron chi connectivity index (χ3n) is 3.84. The molecule has 0 saturated heterocycles. The summed E-state index contributed by atoms with van der Waals surface area (Å²) in [5, 5.41) is 3.30. The number of rotatable bonds is 4. The van der Waals surface area contributed by atoms with Gasteiger partial charge in [-0.05, 0) is 42.8 Å². The summed E-state index contributed by atoms with van der Waals surface area (Å²) in [4.78, 5) is 0. The Hall–Kier alpha value is -1.87. The van der Waals surface area contributed by atoms with Crippen molar-refractivity contribution in [2.45, 2.75) is 25.0 Å². The van der Waals surface area contributed by atoms with Gasteiger partial charge in [0.1, 0.15) is 17.7 Å². The first-order chi connectivity index (χ1) is 9.76. The fourth-order valence-electron chi connectivity index (χ4n) is 2.77. The fraction of sp³-hybridized carbons (Fsp3) is 0.294. The predicted molar refractivity (Wildman–Crippen MR) is 77.5 cm³/mol. The minimum Gasteiger partial charge on any atom is -0.488 e. The summed E-state index contributed by atoms with van der Waals surface area (Å²) in [6, 6.07) is 15.1. The second-order valence-electron chi connectivity index (χ2n) is 5.20. The molecule has 20 heavy (non-hydrogen) atoms. The van der Waals surface area contributed by atoms with Crippen molar-refractivity contribution < 1.29 is 9.13 Å². The Morgan fingerprint density at radius 2 is 2.10 bits per heavy atom. The van der Waals surface area contributed by atoms with Gasteiger partial charge in [0.05, 0.1) is 0 Å². The van der Waals surface area contributed by atoms with Crippen LogP contribution >= 0.6 is 0 Å². The minimum atomic E-state index is -0.187. The highest BCUT2D eigenvalue weighted by molar-refractivity contribution is 5.37. The quantitative estimate of drug-likeness (QED) is 0.923. The Labute approximate surface area is 118 Å². The SMILES string of the molecule is CNC(Cc1cccc(F)c1)C1Cc2ccccc2O1. The van der Waals surface area contributed by atoms with E-state index in [4.69, 9.17) is 4.74 Å². The molecule has 0 spiro atoms. The molecule has 0 aromatic heterocycles. The zero-order chi connectivity index (χ0) is 13.9. The summed E-state index contributed by atoms with van der Waals surface area (Å²) < 4.78 is 19.3. The lowest BCUT2D eigenvalue weighted by Crippen LogP contribution is -2.42. The van der Waals surface area contributed by atoms with E-state index in [0.717, 1.165) is 24.2 Å². The average molecular weight is 271 g/mol. The van der Waals surface area contributed by atoms with Crippen LogP contribution < -0.4 is 10.1 Å². The molecule has 1 aliphatic rings. The van der Waals surface area contributed by atoms with Crippen molar-refractivity contribution in [2.24, 2.45) is 0 Å². The van der Waals surface area contributed by atoms with E-state index in [-0.39, 0.29) is 18.0 Å². The Kier molecular flexibility index (Phi) is 3.70. The number of benzene rings is 2. The molecule has 1 N–H and O–H groups in total. The molecule has 0 amide bonds. The van der Waals surface area contributed by atoms with Gasteiger partial charge in [-0.3, -0.25) is 0 Å². The molecule has 1 aliphatic heterocycles. The van der Waals surface area contributed by atoms with Gasteiger partial charge in [-0.2, -0.15) is 0 Å². The molecule has 104 valence electrons. The molecule has 3 rings (SSSR count). The molecular formula is C17H18FNO. The smallest absolute Gasteiger partial charge is 0.123 e. The predicted octanol–water partition coefficient (Wildman–Crippen LogP) is 2.96. The Balaban J connectivity index is 1.72. The number of likely N-dealkylation sites (N-methyl/N-ethyl adjacent to an activating group) is 1. The lowest BCUT2D eigenvalue weighted by molar-refractivity contribution is 0.182. The fourth-order valence-corrected chi connectivity index (χ4v) is 2.77. The van der Waals surface area contributed by atoms with E-state index in [1.165, 1.54) is 11.6 Å². The van der Waals surface area contributed by atoms with Crippen LogP contribution in [0.3, 0.4) is 0 Å². The average Bonchev–Trinajstić information content (AvgIpc) is 2.88. The summed E-state index contributed by atoms with van der Waals surface area (Å²) in [5.74, 6) is 0.782. The first-order valence-electron chi connectivity index (χ1n) is 6.92. The number of halogens is 1. The van der Waals surface area contributed by atoms with Crippen LogP contribution in [0.25, 0.3) is 0 Å². The molecule has 0 radical (unpaired) electrons. The number of para-hydroxylation sites is 1. The molecule has 1 heterocycles. The van der Waals surface area contributed by atoms with Crippen molar-refractivity contribution in [3.05, 3.63) is 65.5 Å². The van der Waals surface area contributed by atoms with E-state index < -0.39 is 0 Å². The van der Waals surface area contributed by atoms with Gasteiger partial charge in [-0.25, -0.2) is 4.39 Å². The van der Waals surface area contributed by atoms with Crippen molar-refractivity contribution in [3.8, 4) is 5.75 Å². The van der Waals surface area contributed by atoms with E-state index in [9.17, 15) is 4.39 Å². The lowest BCUT2D eigenvalue weighted by atomic mass is 9.98. The van der Waals surface area contributed by atoms with E-state index in [0.29, 0.717) is 0 Å². The molecule has 2 atom stereocenters.